The van der Waals surface area contributed by atoms with E-state index >= 15 is 0 Å². The van der Waals surface area contributed by atoms with Gasteiger partial charge in [-0.25, -0.2) is 0 Å². The summed E-state index contributed by atoms with van der Waals surface area (Å²) < 4.78 is 0. The fourth-order valence-corrected chi connectivity index (χ4v) is 2.82. The maximum absolute atomic E-state index is 11.2. The Morgan fingerprint density at radius 2 is 1.84 bits per heavy atom. The molecule has 1 aromatic rings. The molecule has 0 radical (unpaired) electrons. The lowest BCUT2D eigenvalue weighted by molar-refractivity contribution is -0.121. The van der Waals surface area contributed by atoms with Crippen molar-refractivity contribution < 1.29 is 4.79 Å². The summed E-state index contributed by atoms with van der Waals surface area (Å²) in [6, 6.07) is 10.7. The maximum Gasteiger partial charge on any atom is 0.135 e. The standard InChI is InChI=1S/C17H25NO/c1-15(14-18-12-10-17(19)11-13-18)6-5-9-16-7-3-2-4-8-16/h2-4,7-8,15H,5-6,9-14H2,1H3. The molecule has 1 aliphatic rings. The number of benzene rings is 1. The number of nitrogens with zero attached hydrogens (tertiary/aromatic N) is 1. The van der Waals surface area contributed by atoms with Crippen molar-refractivity contribution in [3.05, 3.63) is 35.9 Å². The van der Waals surface area contributed by atoms with Crippen LogP contribution in [0, 0.1) is 5.92 Å². The van der Waals surface area contributed by atoms with E-state index in [9.17, 15) is 4.79 Å². The van der Waals surface area contributed by atoms with Gasteiger partial charge >= 0.3 is 0 Å². The zero-order valence-corrected chi connectivity index (χ0v) is 12.0. The maximum atomic E-state index is 11.2. The van der Waals surface area contributed by atoms with E-state index in [-0.39, 0.29) is 0 Å². The predicted molar refractivity (Wildman–Crippen MR) is 79.2 cm³/mol. The van der Waals surface area contributed by atoms with E-state index in [2.05, 4.69) is 42.2 Å². The molecule has 2 nitrogen and oxygen atoms in total. The van der Waals surface area contributed by atoms with Crippen LogP contribution < -0.4 is 0 Å². The van der Waals surface area contributed by atoms with Gasteiger partial charge in [-0.1, -0.05) is 37.3 Å². The molecule has 0 N–H and O–H groups in total. The van der Waals surface area contributed by atoms with Gasteiger partial charge in [0.15, 0.2) is 0 Å². The normalized spacial score (nSPS) is 18.5. The minimum Gasteiger partial charge on any atom is -0.302 e. The molecule has 1 aromatic carbocycles. The highest BCUT2D eigenvalue weighted by atomic mass is 16.1. The van der Waals surface area contributed by atoms with Crippen LogP contribution in [0.4, 0.5) is 0 Å². The molecule has 0 amide bonds. The van der Waals surface area contributed by atoms with Gasteiger partial charge in [-0.3, -0.25) is 4.79 Å². The monoisotopic (exact) mass is 259 g/mol. The van der Waals surface area contributed by atoms with Crippen LogP contribution in [0.2, 0.25) is 0 Å². The Labute approximate surface area is 116 Å². The molecule has 1 saturated heterocycles. The lowest BCUT2D eigenvalue weighted by Gasteiger charge is -2.28. The first-order valence-electron chi connectivity index (χ1n) is 7.52. The van der Waals surface area contributed by atoms with E-state index in [1.54, 1.807) is 0 Å². The number of carbonyl (C=O) groups excluding carboxylic acids is 1. The Hall–Kier alpha value is -1.15. The van der Waals surface area contributed by atoms with Crippen molar-refractivity contribution in [1.29, 1.82) is 0 Å². The Kier molecular flexibility index (Phi) is 5.59. The number of carbonyl (C=O) groups is 1. The van der Waals surface area contributed by atoms with E-state index in [0.29, 0.717) is 5.78 Å². The molecular weight excluding hydrogens is 234 g/mol. The van der Waals surface area contributed by atoms with Crippen molar-refractivity contribution in [1.82, 2.24) is 4.90 Å². The van der Waals surface area contributed by atoms with Gasteiger partial charge in [0.25, 0.3) is 0 Å². The SMILES string of the molecule is CC(CCCc1ccccc1)CN1CCC(=O)CC1. The Balaban J connectivity index is 1.62. The number of piperidine rings is 1. The highest BCUT2D eigenvalue weighted by Gasteiger charge is 2.17. The second-order valence-corrected chi connectivity index (χ2v) is 5.82. The summed E-state index contributed by atoms with van der Waals surface area (Å²) >= 11 is 0. The van der Waals surface area contributed by atoms with Crippen LogP contribution in [0.15, 0.2) is 30.3 Å². The minimum absolute atomic E-state index is 0.438. The third kappa shape index (κ3) is 5.15. The number of hydrogen-bond donors (Lipinski definition) is 0. The van der Waals surface area contributed by atoms with Gasteiger partial charge in [0.05, 0.1) is 0 Å². The van der Waals surface area contributed by atoms with Crippen molar-refractivity contribution >= 4 is 5.78 Å². The van der Waals surface area contributed by atoms with E-state index in [4.69, 9.17) is 0 Å². The largest absolute Gasteiger partial charge is 0.302 e. The number of ketones is 1. The predicted octanol–water partition coefficient (Wildman–Crippen LogP) is 3.31. The number of aryl methyl sites for hydroxylation is 1. The van der Waals surface area contributed by atoms with E-state index in [0.717, 1.165) is 38.4 Å². The van der Waals surface area contributed by atoms with Gasteiger partial charge in [0, 0.05) is 32.5 Å². The first kappa shape index (κ1) is 14.3. The van der Waals surface area contributed by atoms with E-state index in [1.807, 2.05) is 0 Å². The molecule has 1 aliphatic heterocycles. The molecule has 0 spiro atoms. The Bertz CT molecular complexity index is 378. The lowest BCUT2D eigenvalue weighted by Crippen LogP contribution is -2.36. The summed E-state index contributed by atoms with van der Waals surface area (Å²) in [5.74, 6) is 1.17. The summed E-state index contributed by atoms with van der Waals surface area (Å²) in [4.78, 5) is 13.6. The van der Waals surface area contributed by atoms with Crippen molar-refractivity contribution in [2.24, 2.45) is 5.92 Å². The van der Waals surface area contributed by atoms with Crippen LogP contribution >= 0.6 is 0 Å². The second kappa shape index (κ2) is 7.44. The van der Waals surface area contributed by atoms with Gasteiger partial charge in [-0.15, -0.1) is 0 Å². The summed E-state index contributed by atoms with van der Waals surface area (Å²) in [6.07, 6.45) is 5.24. The van der Waals surface area contributed by atoms with Crippen LogP contribution in [-0.4, -0.2) is 30.3 Å². The van der Waals surface area contributed by atoms with Gasteiger partial charge in [-0.05, 0) is 30.7 Å². The third-order valence-corrected chi connectivity index (χ3v) is 3.99. The van der Waals surface area contributed by atoms with Crippen molar-refractivity contribution in [2.45, 2.75) is 39.0 Å². The van der Waals surface area contributed by atoms with Crippen molar-refractivity contribution in [2.75, 3.05) is 19.6 Å². The average Bonchev–Trinajstić information content (AvgIpc) is 2.43. The molecule has 2 rings (SSSR count). The number of Topliss-reactive ketones (excluding diaryl/α,β-unsaturated/α-hetero) is 1. The number of rotatable bonds is 6. The quantitative estimate of drug-likeness (QED) is 0.781. The Morgan fingerprint density at radius 3 is 2.53 bits per heavy atom. The summed E-state index contributed by atoms with van der Waals surface area (Å²) in [6.45, 7) is 5.44. The van der Waals surface area contributed by atoms with Crippen LogP contribution in [0.5, 0.6) is 0 Å². The molecule has 1 unspecified atom stereocenters. The van der Waals surface area contributed by atoms with E-state index < -0.39 is 0 Å². The molecule has 1 atom stereocenters. The van der Waals surface area contributed by atoms with Gasteiger partial charge in [0.2, 0.25) is 0 Å². The number of hydrogen-bond acceptors (Lipinski definition) is 2. The smallest absolute Gasteiger partial charge is 0.135 e. The molecule has 0 saturated carbocycles. The molecule has 1 heterocycles. The van der Waals surface area contributed by atoms with Gasteiger partial charge in [-0.2, -0.15) is 0 Å². The first-order valence-corrected chi connectivity index (χ1v) is 7.52. The van der Waals surface area contributed by atoms with Crippen LogP contribution in [0.1, 0.15) is 38.2 Å². The molecular formula is C17H25NO. The summed E-state index contributed by atoms with van der Waals surface area (Å²) in [5, 5.41) is 0. The van der Waals surface area contributed by atoms with Crippen LogP contribution in [-0.2, 0) is 11.2 Å². The van der Waals surface area contributed by atoms with Gasteiger partial charge < -0.3 is 4.90 Å². The van der Waals surface area contributed by atoms with Crippen LogP contribution in [0.25, 0.3) is 0 Å². The lowest BCUT2D eigenvalue weighted by atomic mass is 9.99. The molecule has 0 aliphatic carbocycles. The topological polar surface area (TPSA) is 20.3 Å². The first-order chi connectivity index (χ1) is 9.24. The molecule has 0 bridgehead atoms. The zero-order valence-electron chi connectivity index (χ0n) is 12.0. The fourth-order valence-electron chi connectivity index (χ4n) is 2.82. The van der Waals surface area contributed by atoms with Crippen molar-refractivity contribution in [3.8, 4) is 0 Å². The third-order valence-electron chi connectivity index (χ3n) is 3.99. The molecule has 19 heavy (non-hydrogen) atoms. The molecule has 2 heteroatoms. The highest BCUT2D eigenvalue weighted by Crippen LogP contribution is 2.14. The molecule has 0 aromatic heterocycles. The summed E-state index contributed by atoms with van der Waals surface area (Å²) in [7, 11) is 0. The van der Waals surface area contributed by atoms with Crippen molar-refractivity contribution in [3.63, 3.8) is 0 Å². The van der Waals surface area contributed by atoms with Gasteiger partial charge in [0.1, 0.15) is 5.78 Å². The zero-order chi connectivity index (χ0) is 13.5. The number of likely N-dealkylation sites (tertiary alicyclic amines) is 1. The van der Waals surface area contributed by atoms with Crippen LogP contribution in [0.3, 0.4) is 0 Å². The average molecular weight is 259 g/mol. The molecule has 1 fully saturated rings. The highest BCUT2D eigenvalue weighted by molar-refractivity contribution is 5.79. The fraction of sp³-hybridized carbons (Fsp3) is 0.588. The second-order valence-electron chi connectivity index (χ2n) is 5.82. The minimum atomic E-state index is 0.438. The molecule has 104 valence electrons. The Morgan fingerprint density at radius 1 is 1.16 bits per heavy atom. The summed E-state index contributed by atoms with van der Waals surface area (Å²) in [5.41, 5.74) is 1.44. The van der Waals surface area contributed by atoms with E-state index in [1.165, 1.54) is 24.8 Å².